The molecule has 2 aromatic carbocycles. The van der Waals surface area contributed by atoms with Crippen molar-refractivity contribution in [2.45, 2.75) is 26.4 Å². The van der Waals surface area contributed by atoms with Crippen LogP contribution in [0.1, 0.15) is 30.9 Å². The van der Waals surface area contributed by atoms with Gasteiger partial charge in [-0.15, -0.1) is 0 Å². The third-order valence-corrected chi connectivity index (χ3v) is 6.72. The van der Waals surface area contributed by atoms with E-state index in [2.05, 4.69) is 6.92 Å². The molecular formula is C25H25FN2O4S. The van der Waals surface area contributed by atoms with Crippen LogP contribution in [0.3, 0.4) is 0 Å². The molecule has 33 heavy (non-hydrogen) atoms. The Labute approximate surface area is 196 Å². The van der Waals surface area contributed by atoms with E-state index in [9.17, 15) is 18.8 Å². The zero-order valence-corrected chi connectivity index (χ0v) is 19.1. The number of likely N-dealkylation sites (tertiary alicyclic amines) is 1. The summed E-state index contributed by atoms with van der Waals surface area (Å²) in [5, 5.41) is -0.449. The molecule has 0 bridgehead atoms. The highest BCUT2D eigenvalue weighted by molar-refractivity contribution is 8.18. The van der Waals surface area contributed by atoms with Crippen LogP contribution in [0.5, 0.6) is 5.75 Å². The van der Waals surface area contributed by atoms with E-state index < -0.39 is 11.1 Å². The van der Waals surface area contributed by atoms with Gasteiger partial charge in [0, 0.05) is 18.7 Å². The van der Waals surface area contributed by atoms with Crippen molar-refractivity contribution in [3.8, 4) is 5.75 Å². The molecule has 2 heterocycles. The van der Waals surface area contributed by atoms with Gasteiger partial charge in [-0.1, -0.05) is 37.3 Å². The topological polar surface area (TPSA) is 66.9 Å². The minimum Gasteiger partial charge on any atom is -0.488 e. The zero-order chi connectivity index (χ0) is 23.4. The molecule has 2 fully saturated rings. The van der Waals surface area contributed by atoms with Crippen molar-refractivity contribution in [1.29, 1.82) is 0 Å². The Morgan fingerprint density at radius 2 is 1.82 bits per heavy atom. The molecule has 0 saturated carbocycles. The lowest BCUT2D eigenvalue weighted by atomic mass is 9.99. The van der Waals surface area contributed by atoms with E-state index in [1.807, 2.05) is 6.07 Å². The summed E-state index contributed by atoms with van der Waals surface area (Å²) >= 11 is 0.821. The van der Waals surface area contributed by atoms with Crippen LogP contribution < -0.4 is 4.74 Å². The number of imide groups is 1. The average molecular weight is 469 g/mol. The van der Waals surface area contributed by atoms with E-state index >= 15 is 0 Å². The standard InChI is InChI=1S/C25H25FN2O4S/c1-17-10-12-27(13-11-17)23(29)15-28-24(30)22(33-25(28)31)14-19-4-2-3-5-21(19)32-16-18-6-8-20(26)9-7-18/h2-9,14,17H,10-13,15-16H2,1H3/b22-14-. The number of amides is 3. The van der Waals surface area contributed by atoms with Crippen molar-refractivity contribution < 1.29 is 23.5 Å². The fraction of sp³-hybridized carbons (Fsp3) is 0.320. The smallest absolute Gasteiger partial charge is 0.294 e. The second kappa shape index (κ2) is 10.2. The average Bonchev–Trinajstić information content (AvgIpc) is 3.07. The first-order chi connectivity index (χ1) is 15.9. The maximum Gasteiger partial charge on any atom is 0.294 e. The lowest BCUT2D eigenvalue weighted by molar-refractivity contribution is -0.136. The molecule has 4 rings (SSSR count). The minimum absolute atomic E-state index is 0.200. The summed E-state index contributed by atoms with van der Waals surface area (Å²) in [6, 6.07) is 13.2. The number of carbonyl (C=O) groups is 3. The van der Waals surface area contributed by atoms with Crippen LogP contribution in [0.15, 0.2) is 53.4 Å². The number of hydrogen-bond donors (Lipinski definition) is 0. The molecule has 6 nitrogen and oxygen atoms in total. The molecule has 0 N–H and O–H groups in total. The van der Waals surface area contributed by atoms with E-state index in [0.29, 0.717) is 30.3 Å². The van der Waals surface area contributed by atoms with Crippen LogP contribution in [0.2, 0.25) is 0 Å². The summed E-state index contributed by atoms with van der Waals surface area (Å²) in [7, 11) is 0. The third kappa shape index (κ3) is 5.63. The van der Waals surface area contributed by atoms with E-state index in [4.69, 9.17) is 4.74 Å². The Morgan fingerprint density at radius 3 is 2.55 bits per heavy atom. The minimum atomic E-state index is -0.475. The van der Waals surface area contributed by atoms with Crippen LogP contribution in [-0.4, -0.2) is 46.5 Å². The Balaban J connectivity index is 1.44. The van der Waals surface area contributed by atoms with Crippen LogP contribution in [0.4, 0.5) is 9.18 Å². The highest BCUT2D eigenvalue weighted by Crippen LogP contribution is 2.34. The molecule has 2 aromatic rings. The molecule has 2 aliphatic rings. The van der Waals surface area contributed by atoms with Crippen molar-refractivity contribution >= 4 is 34.9 Å². The van der Waals surface area contributed by atoms with Crippen molar-refractivity contribution in [2.24, 2.45) is 5.92 Å². The highest BCUT2D eigenvalue weighted by atomic mass is 32.2. The van der Waals surface area contributed by atoms with Gasteiger partial charge in [0.15, 0.2) is 0 Å². The molecule has 3 amide bonds. The van der Waals surface area contributed by atoms with E-state index in [0.717, 1.165) is 35.1 Å². The number of carbonyl (C=O) groups excluding carboxylic acids is 3. The number of benzene rings is 2. The fourth-order valence-electron chi connectivity index (χ4n) is 3.74. The molecule has 0 aromatic heterocycles. The summed E-state index contributed by atoms with van der Waals surface area (Å²) in [5.41, 5.74) is 1.44. The van der Waals surface area contributed by atoms with Gasteiger partial charge in [-0.2, -0.15) is 0 Å². The van der Waals surface area contributed by atoms with Gasteiger partial charge in [-0.05, 0) is 60.4 Å². The Hall–Kier alpha value is -3.13. The zero-order valence-electron chi connectivity index (χ0n) is 18.3. The lowest BCUT2D eigenvalue weighted by Gasteiger charge is -2.31. The van der Waals surface area contributed by atoms with Gasteiger partial charge in [0.25, 0.3) is 11.1 Å². The predicted octanol–water partition coefficient (Wildman–Crippen LogP) is 4.70. The van der Waals surface area contributed by atoms with E-state index in [1.165, 1.54) is 12.1 Å². The molecule has 172 valence electrons. The van der Waals surface area contributed by atoms with Crippen LogP contribution >= 0.6 is 11.8 Å². The van der Waals surface area contributed by atoms with Crippen molar-refractivity contribution in [3.05, 3.63) is 70.4 Å². The van der Waals surface area contributed by atoms with Gasteiger partial charge in [-0.3, -0.25) is 19.3 Å². The second-order valence-corrected chi connectivity index (χ2v) is 9.28. The fourth-order valence-corrected chi connectivity index (χ4v) is 4.57. The number of piperidine rings is 1. The summed E-state index contributed by atoms with van der Waals surface area (Å²) in [6.45, 7) is 3.47. The van der Waals surface area contributed by atoms with Crippen LogP contribution in [-0.2, 0) is 16.2 Å². The molecule has 0 atom stereocenters. The molecule has 0 spiro atoms. The molecule has 2 saturated heterocycles. The Bertz CT molecular complexity index is 1080. The summed E-state index contributed by atoms with van der Waals surface area (Å²) in [5.74, 6) is 0.125. The summed E-state index contributed by atoms with van der Waals surface area (Å²) in [6.07, 6.45) is 3.47. The van der Waals surface area contributed by atoms with Crippen LogP contribution in [0, 0.1) is 11.7 Å². The maximum absolute atomic E-state index is 13.1. The van der Waals surface area contributed by atoms with Gasteiger partial charge < -0.3 is 9.64 Å². The maximum atomic E-state index is 13.1. The van der Waals surface area contributed by atoms with Gasteiger partial charge in [-0.25, -0.2) is 4.39 Å². The van der Waals surface area contributed by atoms with Gasteiger partial charge in [0.05, 0.1) is 4.91 Å². The molecule has 0 unspecified atom stereocenters. The number of hydrogen-bond acceptors (Lipinski definition) is 5. The quantitative estimate of drug-likeness (QED) is 0.575. The van der Waals surface area contributed by atoms with E-state index in [-0.39, 0.29) is 29.8 Å². The predicted molar refractivity (Wildman–Crippen MR) is 125 cm³/mol. The number of thioether (sulfide) groups is 1. The molecule has 0 radical (unpaired) electrons. The first-order valence-electron chi connectivity index (χ1n) is 10.9. The van der Waals surface area contributed by atoms with Crippen molar-refractivity contribution in [3.63, 3.8) is 0 Å². The number of halogens is 1. The number of para-hydroxylation sites is 1. The molecule has 2 aliphatic heterocycles. The van der Waals surface area contributed by atoms with Crippen LogP contribution in [0.25, 0.3) is 6.08 Å². The molecular weight excluding hydrogens is 443 g/mol. The Kier molecular flexibility index (Phi) is 7.13. The number of ether oxygens (including phenoxy) is 1. The highest BCUT2D eigenvalue weighted by Gasteiger charge is 2.37. The SMILES string of the molecule is CC1CCN(C(=O)CN2C(=O)S/C(=C\c3ccccc3OCc3ccc(F)cc3)C2=O)CC1. The third-order valence-electron chi connectivity index (χ3n) is 5.82. The normalized spacial score (nSPS) is 18.3. The summed E-state index contributed by atoms with van der Waals surface area (Å²) in [4.78, 5) is 41.0. The van der Waals surface area contributed by atoms with Gasteiger partial charge in [0.2, 0.25) is 5.91 Å². The van der Waals surface area contributed by atoms with Gasteiger partial charge >= 0.3 is 0 Å². The first kappa shape index (κ1) is 23.0. The molecule has 0 aliphatic carbocycles. The van der Waals surface area contributed by atoms with E-state index in [1.54, 1.807) is 41.3 Å². The summed E-state index contributed by atoms with van der Waals surface area (Å²) < 4.78 is 19.0. The van der Waals surface area contributed by atoms with Gasteiger partial charge in [0.1, 0.15) is 24.7 Å². The first-order valence-corrected chi connectivity index (χ1v) is 11.7. The largest absolute Gasteiger partial charge is 0.488 e. The van der Waals surface area contributed by atoms with Crippen molar-refractivity contribution in [2.75, 3.05) is 19.6 Å². The number of nitrogens with zero attached hydrogens (tertiary/aromatic N) is 2. The van der Waals surface area contributed by atoms with Crippen molar-refractivity contribution in [1.82, 2.24) is 9.80 Å². The number of rotatable bonds is 6. The second-order valence-electron chi connectivity index (χ2n) is 8.28. The Morgan fingerprint density at radius 1 is 1.12 bits per heavy atom. The molecule has 8 heteroatoms. The monoisotopic (exact) mass is 468 g/mol. The lowest BCUT2D eigenvalue weighted by Crippen LogP contribution is -2.45.